The van der Waals surface area contributed by atoms with E-state index in [9.17, 15) is 9.59 Å². The number of benzene rings is 1. The van der Waals surface area contributed by atoms with Gasteiger partial charge in [-0.25, -0.2) is 4.79 Å². The van der Waals surface area contributed by atoms with E-state index in [4.69, 9.17) is 9.84 Å². The van der Waals surface area contributed by atoms with Crippen molar-refractivity contribution in [3.05, 3.63) is 29.8 Å². The van der Waals surface area contributed by atoms with Crippen molar-refractivity contribution < 1.29 is 19.4 Å². The van der Waals surface area contributed by atoms with Crippen LogP contribution in [0.1, 0.15) is 23.2 Å². The number of carboxylic acids is 1. The molecule has 1 aromatic carbocycles. The average molecular weight is 297 g/mol. The first kappa shape index (κ1) is 16.5. The summed E-state index contributed by atoms with van der Waals surface area (Å²) in [6.07, 6.45) is 2.80. The zero-order chi connectivity index (χ0) is 15.0. The molecule has 2 N–H and O–H groups in total. The molecule has 0 fully saturated rings. The molecule has 0 aliphatic carbocycles. The molecular weight excluding hydrogens is 278 g/mol. The lowest BCUT2D eigenvalue weighted by Gasteiger charge is -2.15. The van der Waals surface area contributed by atoms with Gasteiger partial charge in [-0.15, -0.1) is 11.8 Å². The first-order valence-corrected chi connectivity index (χ1v) is 7.48. The number of nitrogens with one attached hydrogen (secondary N) is 1. The van der Waals surface area contributed by atoms with Crippen molar-refractivity contribution in [2.75, 3.05) is 20.0 Å². The van der Waals surface area contributed by atoms with Crippen LogP contribution in [0.2, 0.25) is 0 Å². The van der Waals surface area contributed by atoms with Gasteiger partial charge in [0.2, 0.25) is 0 Å². The smallest absolute Gasteiger partial charge is 0.326 e. The molecule has 20 heavy (non-hydrogen) atoms. The molecule has 0 bridgehead atoms. The molecule has 5 nitrogen and oxygen atoms in total. The van der Waals surface area contributed by atoms with Crippen LogP contribution in [0, 0.1) is 0 Å². The van der Waals surface area contributed by atoms with Crippen molar-refractivity contribution in [3.63, 3.8) is 0 Å². The fraction of sp³-hybridized carbons (Fsp3) is 0.429. The minimum absolute atomic E-state index is 0.344. The number of carboxylic acid groups (broad SMARTS) is 1. The van der Waals surface area contributed by atoms with Crippen LogP contribution >= 0.6 is 11.8 Å². The number of aliphatic carboxylic acids is 1. The van der Waals surface area contributed by atoms with Gasteiger partial charge in [0.1, 0.15) is 6.04 Å². The van der Waals surface area contributed by atoms with Gasteiger partial charge >= 0.3 is 5.97 Å². The van der Waals surface area contributed by atoms with E-state index in [1.165, 1.54) is 11.8 Å². The summed E-state index contributed by atoms with van der Waals surface area (Å²) in [5.74, 6) is -1.39. The molecule has 0 spiro atoms. The Balaban J connectivity index is 2.72. The van der Waals surface area contributed by atoms with Crippen LogP contribution in [0.4, 0.5) is 0 Å². The topological polar surface area (TPSA) is 75.6 Å². The van der Waals surface area contributed by atoms with Gasteiger partial charge in [-0.2, -0.15) is 0 Å². The maximum Gasteiger partial charge on any atom is 0.326 e. The Morgan fingerprint density at radius 1 is 1.40 bits per heavy atom. The van der Waals surface area contributed by atoms with Gasteiger partial charge in [0, 0.05) is 18.6 Å². The molecule has 1 rings (SSSR count). The monoisotopic (exact) mass is 297 g/mol. The Morgan fingerprint density at radius 3 is 2.70 bits per heavy atom. The standard InChI is InChI=1S/C14H19NO4S/c1-19-9-5-7-11(14(17)18)15-13(16)10-6-3-4-8-12(10)20-2/h3-4,6,8,11H,5,7,9H2,1-2H3,(H,15,16)(H,17,18). The Bertz CT molecular complexity index is 464. The number of amides is 1. The third kappa shape index (κ3) is 4.86. The lowest BCUT2D eigenvalue weighted by molar-refractivity contribution is -0.139. The van der Waals surface area contributed by atoms with Gasteiger partial charge in [-0.1, -0.05) is 12.1 Å². The number of thioether (sulfide) groups is 1. The van der Waals surface area contributed by atoms with E-state index in [1.54, 1.807) is 19.2 Å². The average Bonchev–Trinajstić information content (AvgIpc) is 2.46. The van der Waals surface area contributed by atoms with Crippen molar-refractivity contribution in [2.24, 2.45) is 0 Å². The summed E-state index contributed by atoms with van der Waals surface area (Å²) in [4.78, 5) is 24.1. The number of hydrogen-bond acceptors (Lipinski definition) is 4. The zero-order valence-electron chi connectivity index (χ0n) is 11.6. The highest BCUT2D eigenvalue weighted by Crippen LogP contribution is 2.19. The summed E-state index contributed by atoms with van der Waals surface area (Å²) in [6.45, 7) is 0.473. The van der Waals surface area contributed by atoms with Crippen LogP contribution in [0.15, 0.2) is 29.2 Å². The Hall–Kier alpha value is -1.53. The number of rotatable bonds is 8. The van der Waals surface area contributed by atoms with E-state index in [0.717, 1.165) is 4.90 Å². The molecule has 110 valence electrons. The molecule has 0 saturated carbocycles. The summed E-state index contributed by atoms with van der Waals surface area (Å²) in [6, 6.07) is 6.23. The maximum atomic E-state index is 12.2. The van der Waals surface area contributed by atoms with E-state index in [1.807, 2.05) is 18.4 Å². The van der Waals surface area contributed by atoms with E-state index < -0.39 is 12.0 Å². The van der Waals surface area contributed by atoms with E-state index in [-0.39, 0.29) is 5.91 Å². The van der Waals surface area contributed by atoms with Crippen LogP contribution < -0.4 is 5.32 Å². The molecule has 0 aliphatic rings. The molecule has 6 heteroatoms. The SMILES string of the molecule is COCCCC(NC(=O)c1ccccc1SC)C(=O)O. The minimum atomic E-state index is -1.03. The molecule has 0 aromatic heterocycles. The fourth-order valence-electron chi connectivity index (χ4n) is 1.76. The molecule has 1 amide bonds. The molecule has 0 radical (unpaired) electrons. The lowest BCUT2D eigenvalue weighted by Crippen LogP contribution is -2.41. The largest absolute Gasteiger partial charge is 0.480 e. The fourth-order valence-corrected chi connectivity index (χ4v) is 2.35. The van der Waals surface area contributed by atoms with Crippen LogP contribution in [-0.4, -0.2) is 43.0 Å². The third-order valence-corrected chi connectivity index (χ3v) is 3.59. The quantitative estimate of drug-likeness (QED) is 0.567. The summed E-state index contributed by atoms with van der Waals surface area (Å²) < 4.78 is 4.89. The number of carbonyl (C=O) groups excluding carboxylic acids is 1. The van der Waals surface area contributed by atoms with Gasteiger partial charge in [-0.3, -0.25) is 4.79 Å². The van der Waals surface area contributed by atoms with Crippen molar-refractivity contribution in [2.45, 2.75) is 23.8 Å². The molecular formula is C14H19NO4S. The van der Waals surface area contributed by atoms with Crippen molar-refractivity contribution in [3.8, 4) is 0 Å². The number of ether oxygens (including phenoxy) is 1. The highest BCUT2D eigenvalue weighted by Gasteiger charge is 2.21. The van der Waals surface area contributed by atoms with Crippen LogP contribution in [0.3, 0.4) is 0 Å². The first-order chi connectivity index (χ1) is 9.60. The Labute approximate surface area is 122 Å². The predicted octanol–water partition coefficient (Wildman–Crippen LogP) is 2.02. The van der Waals surface area contributed by atoms with Gasteiger partial charge in [0.25, 0.3) is 5.91 Å². The lowest BCUT2D eigenvalue weighted by atomic mass is 10.1. The number of methoxy groups -OCH3 is 1. The second-order valence-electron chi connectivity index (χ2n) is 4.20. The predicted molar refractivity (Wildman–Crippen MR) is 78.2 cm³/mol. The van der Waals surface area contributed by atoms with Crippen molar-refractivity contribution >= 4 is 23.6 Å². The van der Waals surface area contributed by atoms with E-state index >= 15 is 0 Å². The molecule has 1 unspecified atom stereocenters. The molecule has 1 aromatic rings. The first-order valence-electron chi connectivity index (χ1n) is 6.25. The normalized spacial score (nSPS) is 11.9. The van der Waals surface area contributed by atoms with Gasteiger partial charge in [0.15, 0.2) is 0 Å². The van der Waals surface area contributed by atoms with Crippen molar-refractivity contribution in [1.29, 1.82) is 0 Å². The number of carbonyl (C=O) groups is 2. The van der Waals surface area contributed by atoms with Gasteiger partial charge in [0.05, 0.1) is 5.56 Å². The molecule has 1 atom stereocenters. The highest BCUT2D eigenvalue weighted by molar-refractivity contribution is 7.98. The Kier molecular flexibility index (Phi) is 7.11. The summed E-state index contributed by atoms with van der Waals surface area (Å²) >= 11 is 1.45. The number of hydrogen-bond donors (Lipinski definition) is 2. The minimum Gasteiger partial charge on any atom is -0.480 e. The van der Waals surface area contributed by atoms with Crippen LogP contribution in [0.25, 0.3) is 0 Å². The molecule has 0 saturated heterocycles. The Morgan fingerprint density at radius 2 is 2.10 bits per heavy atom. The van der Waals surface area contributed by atoms with Gasteiger partial charge in [-0.05, 0) is 31.2 Å². The van der Waals surface area contributed by atoms with Crippen molar-refractivity contribution in [1.82, 2.24) is 5.32 Å². The summed E-state index contributed by atoms with van der Waals surface area (Å²) in [5, 5.41) is 11.7. The third-order valence-electron chi connectivity index (χ3n) is 2.80. The van der Waals surface area contributed by atoms with Crippen LogP contribution in [0.5, 0.6) is 0 Å². The summed E-state index contributed by atoms with van der Waals surface area (Å²) in [7, 11) is 1.56. The molecule has 0 heterocycles. The van der Waals surface area contributed by atoms with Crippen LogP contribution in [-0.2, 0) is 9.53 Å². The van der Waals surface area contributed by atoms with E-state index in [0.29, 0.717) is 25.0 Å². The summed E-state index contributed by atoms with van der Waals surface area (Å²) in [5.41, 5.74) is 0.498. The molecule has 0 aliphatic heterocycles. The van der Waals surface area contributed by atoms with E-state index in [2.05, 4.69) is 5.32 Å². The maximum absolute atomic E-state index is 12.2. The zero-order valence-corrected chi connectivity index (χ0v) is 12.4. The second-order valence-corrected chi connectivity index (χ2v) is 5.05. The van der Waals surface area contributed by atoms with Gasteiger partial charge < -0.3 is 15.2 Å². The second kappa shape index (κ2) is 8.60. The highest BCUT2D eigenvalue weighted by atomic mass is 32.2.